The molecule has 1 unspecified atom stereocenters. The minimum atomic E-state index is -0.830. The average Bonchev–Trinajstić information content (AvgIpc) is 2.69. The Bertz CT molecular complexity index is 874. The first-order valence-electron chi connectivity index (χ1n) is 8.14. The molecule has 0 aliphatic rings. The van der Waals surface area contributed by atoms with E-state index in [1.807, 2.05) is 0 Å². The summed E-state index contributed by atoms with van der Waals surface area (Å²) in [4.78, 5) is 12.2. The van der Waals surface area contributed by atoms with Crippen molar-refractivity contribution in [2.45, 2.75) is 13.0 Å². The number of hydrogen-bond acceptors (Lipinski definition) is 6. The van der Waals surface area contributed by atoms with Crippen LogP contribution in [0.5, 0.6) is 23.0 Å². The third kappa shape index (κ3) is 5.21. The van der Waals surface area contributed by atoms with Gasteiger partial charge in [-0.25, -0.2) is 5.43 Å². The Morgan fingerprint density at radius 1 is 1.04 bits per heavy atom. The molecule has 0 spiro atoms. The van der Waals surface area contributed by atoms with E-state index in [1.54, 1.807) is 31.2 Å². The van der Waals surface area contributed by atoms with Gasteiger partial charge in [0.1, 0.15) is 5.75 Å². The summed E-state index contributed by atoms with van der Waals surface area (Å²) in [5.41, 5.74) is 3.00. The maximum atomic E-state index is 12.2. The van der Waals surface area contributed by atoms with Crippen molar-refractivity contribution in [2.75, 3.05) is 21.3 Å². The lowest BCUT2D eigenvalue weighted by Gasteiger charge is -2.15. The average molecular weight is 427 g/mol. The smallest absolute Gasteiger partial charge is 0.280 e. The molecule has 0 heterocycles. The predicted molar refractivity (Wildman–Crippen MR) is 108 cm³/mol. The standard InChI is InChI=1S/C19H20Cl2N2O5/c1-11(28-15-8-6-13(20)9-14(15)21)19(24)23-22-10-12-5-7-16(25-2)18(27-4)17(12)26-3/h5-11H,1-4H3,(H,23,24)/b22-10+. The van der Waals surface area contributed by atoms with Crippen molar-refractivity contribution in [1.82, 2.24) is 5.43 Å². The second-order valence-electron chi connectivity index (χ2n) is 5.49. The normalized spacial score (nSPS) is 11.8. The van der Waals surface area contributed by atoms with Crippen molar-refractivity contribution >= 4 is 35.3 Å². The first-order valence-corrected chi connectivity index (χ1v) is 8.90. The van der Waals surface area contributed by atoms with Gasteiger partial charge in [-0.2, -0.15) is 5.10 Å². The van der Waals surface area contributed by atoms with Crippen LogP contribution in [0.4, 0.5) is 0 Å². The van der Waals surface area contributed by atoms with E-state index in [2.05, 4.69) is 10.5 Å². The quantitative estimate of drug-likeness (QED) is 0.510. The van der Waals surface area contributed by atoms with Crippen LogP contribution >= 0.6 is 23.2 Å². The van der Waals surface area contributed by atoms with Gasteiger partial charge < -0.3 is 18.9 Å². The van der Waals surface area contributed by atoms with Crippen LogP contribution in [0.1, 0.15) is 12.5 Å². The van der Waals surface area contributed by atoms with E-state index in [4.69, 9.17) is 42.1 Å². The van der Waals surface area contributed by atoms with E-state index in [-0.39, 0.29) is 0 Å². The minimum Gasteiger partial charge on any atom is -0.493 e. The van der Waals surface area contributed by atoms with Crippen LogP contribution in [-0.4, -0.2) is 39.6 Å². The van der Waals surface area contributed by atoms with Crippen LogP contribution in [0, 0.1) is 0 Å². The molecule has 1 atom stereocenters. The van der Waals surface area contributed by atoms with Crippen molar-refractivity contribution in [2.24, 2.45) is 5.10 Å². The number of methoxy groups -OCH3 is 3. The molecule has 0 saturated heterocycles. The van der Waals surface area contributed by atoms with Gasteiger partial charge in [0.25, 0.3) is 5.91 Å². The molecule has 28 heavy (non-hydrogen) atoms. The number of nitrogens with one attached hydrogen (secondary N) is 1. The lowest BCUT2D eigenvalue weighted by atomic mass is 10.2. The van der Waals surface area contributed by atoms with Crippen molar-refractivity contribution in [3.05, 3.63) is 45.9 Å². The summed E-state index contributed by atoms with van der Waals surface area (Å²) in [7, 11) is 4.53. The molecule has 2 rings (SSSR count). The number of nitrogens with zero attached hydrogens (tertiary/aromatic N) is 1. The number of ether oxygens (including phenoxy) is 4. The van der Waals surface area contributed by atoms with Crippen molar-refractivity contribution < 1.29 is 23.7 Å². The highest BCUT2D eigenvalue weighted by Gasteiger charge is 2.17. The van der Waals surface area contributed by atoms with Gasteiger partial charge in [-0.1, -0.05) is 23.2 Å². The van der Waals surface area contributed by atoms with E-state index < -0.39 is 12.0 Å². The summed E-state index contributed by atoms with van der Waals surface area (Å²) >= 11 is 11.9. The van der Waals surface area contributed by atoms with Crippen LogP contribution in [0.15, 0.2) is 35.4 Å². The molecule has 150 valence electrons. The van der Waals surface area contributed by atoms with Gasteiger partial charge in [0.05, 0.1) is 32.6 Å². The molecule has 9 heteroatoms. The third-order valence-electron chi connectivity index (χ3n) is 3.68. The molecule has 0 saturated carbocycles. The van der Waals surface area contributed by atoms with Gasteiger partial charge in [0.2, 0.25) is 5.75 Å². The number of halogens is 2. The van der Waals surface area contributed by atoms with E-state index in [9.17, 15) is 4.79 Å². The Hall–Kier alpha value is -2.64. The molecule has 0 radical (unpaired) electrons. The largest absolute Gasteiger partial charge is 0.493 e. The SMILES string of the molecule is COc1ccc(/C=N/NC(=O)C(C)Oc2ccc(Cl)cc2Cl)c(OC)c1OC. The fourth-order valence-electron chi connectivity index (χ4n) is 2.30. The van der Waals surface area contributed by atoms with E-state index in [0.29, 0.717) is 38.6 Å². The van der Waals surface area contributed by atoms with Crippen LogP contribution in [0.2, 0.25) is 10.0 Å². The third-order valence-corrected chi connectivity index (χ3v) is 4.21. The van der Waals surface area contributed by atoms with E-state index in [0.717, 1.165) is 0 Å². The van der Waals surface area contributed by atoms with Crippen LogP contribution in [0.3, 0.4) is 0 Å². The van der Waals surface area contributed by atoms with Gasteiger partial charge in [-0.3, -0.25) is 4.79 Å². The summed E-state index contributed by atoms with van der Waals surface area (Å²) < 4.78 is 21.4. The van der Waals surface area contributed by atoms with E-state index >= 15 is 0 Å². The maximum Gasteiger partial charge on any atom is 0.280 e. The number of hydrogen-bond donors (Lipinski definition) is 1. The van der Waals surface area contributed by atoms with Crippen molar-refractivity contribution in [3.63, 3.8) is 0 Å². The Kier molecular flexibility index (Phi) is 7.78. The molecular formula is C19H20Cl2N2O5. The van der Waals surface area contributed by atoms with Crippen LogP contribution in [-0.2, 0) is 4.79 Å². The van der Waals surface area contributed by atoms with Crippen LogP contribution in [0.25, 0.3) is 0 Å². The zero-order chi connectivity index (χ0) is 20.7. The minimum absolute atomic E-state index is 0.311. The number of carbonyl (C=O) groups excluding carboxylic acids is 1. The zero-order valence-corrected chi connectivity index (χ0v) is 17.3. The second kappa shape index (κ2) is 10.1. The molecular weight excluding hydrogens is 407 g/mol. The topological polar surface area (TPSA) is 78.4 Å². The van der Waals surface area contributed by atoms with Gasteiger partial charge in [-0.05, 0) is 37.3 Å². The molecule has 2 aromatic rings. The fraction of sp³-hybridized carbons (Fsp3) is 0.263. The number of benzene rings is 2. The highest BCUT2D eigenvalue weighted by molar-refractivity contribution is 6.35. The van der Waals surface area contributed by atoms with E-state index in [1.165, 1.54) is 33.6 Å². The lowest BCUT2D eigenvalue weighted by molar-refractivity contribution is -0.127. The zero-order valence-electron chi connectivity index (χ0n) is 15.8. The first kappa shape index (κ1) is 21.7. The summed E-state index contributed by atoms with van der Waals surface area (Å²) in [5, 5.41) is 4.73. The molecule has 1 amide bonds. The summed E-state index contributed by atoms with van der Waals surface area (Å²) in [6.45, 7) is 1.58. The summed E-state index contributed by atoms with van der Waals surface area (Å²) in [6.07, 6.45) is 0.601. The first-order chi connectivity index (χ1) is 13.4. The van der Waals surface area contributed by atoms with Crippen molar-refractivity contribution in [3.8, 4) is 23.0 Å². The van der Waals surface area contributed by atoms with Crippen LogP contribution < -0.4 is 24.4 Å². The lowest BCUT2D eigenvalue weighted by Crippen LogP contribution is -2.33. The van der Waals surface area contributed by atoms with Gasteiger partial charge in [0.15, 0.2) is 17.6 Å². The molecule has 0 aliphatic carbocycles. The Morgan fingerprint density at radius 3 is 2.32 bits per heavy atom. The number of amides is 1. The molecule has 2 aromatic carbocycles. The highest BCUT2D eigenvalue weighted by Crippen LogP contribution is 2.39. The predicted octanol–water partition coefficient (Wildman–Crippen LogP) is 3.94. The maximum absolute atomic E-state index is 12.2. The fourth-order valence-corrected chi connectivity index (χ4v) is 2.75. The van der Waals surface area contributed by atoms with Gasteiger partial charge in [0, 0.05) is 10.6 Å². The molecule has 1 N–H and O–H groups in total. The highest BCUT2D eigenvalue weighted by atomic mass is 35.5. The monoisotopic (exact) mass is 426 g/mol. The Labute approximate surface area is 173 Å². The van der Waals surface area contributed by atoms with Crippen molar-refractivity contribution in [1.29, 1.82) is 0 Å². The number of rotatable bonds is 8. The van der Waals surface area contributed by atoms with Gasteiger partial charge >= 0.3 is 0 Å². The Balaban J connectivity index is 2.06. The second-order valence-corrected chi connectivity index (χ2v) is 6.34. The summed E-state index contributed by atoms with van der Waals surface area (Å²) in [6, 6.07) is 8.17. The summed E-state index contributed by atoms with van der Waals surface area (Å²) in [5.74, 6) is 1.26. The molecule has 0 aromatic heterocycles. The number of carbonyl (C=O) groups is 1. The molecule has 0 aliphatic heterocycles. The molecule has 0 fully saturated rings. The number of hydrazone groups is 1. The molecule has 7 nitrogen and oxygen atoms in total. The van der Waals surface area contributed by atoms with Gasteiger partial charge in [-0.15, -0.1) is 0 Å². The Morgan fingerprint density at radius 2 is 1.71 bits per heavy atom. The molecule has 0 bridgehead atoms.